The molecule has 1 heterocycles. The van der Waals surface area contributed by atoms with E-state index in [0.717, 1.165) is 51.3 Å². The van der Waals surface area contributed by atoms with Crippen LogP contribution in [0.3, 0.4) is 0 Å². The minimum Gasteiger partial charge on any atom is -0.367 e. The molecule has 1 fully saturated rings. The number of hydrogen-bond acceptors (Lipinski definition) is 2. The molecule has 0 N–H and O–H groups in total. The number of benzene rings is 1. The molecular weight excluding hydrogens is 287 g/mol. The first-order valence-electron chi connectivity index (χ1n) is 8.57. The van der Waals surface area contributed by atoms with Gasteiger partial charge in [0.15, 0.2) is 0 Å². The zero-order chi connectivity index (χ0) is 16.7. The van der Waals surface area contributed by atoms with Gasteiger partial charge in [-0.3, -0.25) is 4.90 Å². The maximum Gasteiger partial charge on any atom is 0.146 e. The monoisotopic (exact) mass is 316 g/mol. The molecule has 2 nitrogen and oxygen atoms in total. The van der Waals surface area contributed by atoms with E-state index < -0.39 is 0 Å². The van der Waals surface area contributed by atoms with E-state index in [1.807, 2.05) is 12.1 Å². The third-order valence-corrected chi connectivity index (χ3v) is 4.35. The van der Waals surface area contributed by atoms with Crippen LogP contribution in [0.2, 0.25) is 0 Å². The van der Waals surface area contributed by atoms with E-state index in [1.54, 1.807) is 12.1 Å². The van der Waals surface area contributed by atoms with Crippen molar-refractivity contribution in [1.29, 1.82) is 0 Å². The molecule has 23 heavy (non-hydrogen) atoms. The lowest BCUT2D eigenvalue weighted by atomic mass is 10.1. The Balaban J connectivity index is 1.76. The van der Waals surface area contributed by atoms with Crippen LogP contribution < -0.4 is 4.90 Å². The van der Waals surface area contributed by atoms with Crippen molar-refractivity contribution in [3.8, 4) is 0 Å². The molecule has 0 bridgehead atoms. The van der Waals surface area contributed by atoms with Crippen LogP contribution >= 0.6 is 0 Å². The van der Waals surface area contributed by atoms with Gasteiger partial charge < -0.3 is 4.90 Å². The molecular formula is C20H29FN2. The van der Waals surface area contributed by atoms with Crippen LogP contribution in [0.4, 0.5) is 10.1 Å². The molecule has 0 amide bonds. The van der Waals surface area contributed by atoms with Gasteiger partial charge in [-0.05, 0) is 45.7 Å². The number of rotatable bonds is 6. The van der Waals surface area contributed by atoms with E-state index in [0.29, 0.717) is 0 Å². The van der Waals surface area contributed by atoms with Crippen LogP contribution in [0.5, 0.6) is 0 Å². The van der Waals surface area contributed by atoms with Crippen molar-refractivity contribution < 1.29 is 4.39 Å². The summed E-state index contributed by atoms with van der Waals surface area (Å²) in [5.41, 5.74) is 3.58. The molecule has 2 rings (SSSR count). The molecule has 0 atom stereocenters. The highest BCUT2D eigenvalue weighted by Gasteiger charge is 2.18. The summed E-state index contributed by atoms with van der Waals surface area (Å²) in [6.45, 7) is 11.3. The predicted molar refractivity (Wildman–Crippen MR) is 97.5 cm³/mol. The number of anilines is 1. The van der Waals surface area contributed by atoms with Crippen molar-refractivity contribution >= 4 is 5.69 Å². The van der Waals surface area contributed by atoms with Gasteiger partial charge in [-0.2, -0.15) is 0 Å². The summed E-state index contributed by atoms with van der Waals surface area (Å²) in [6.07, 6.45) is 6.91. The molecule has 3 heteroatoms. The van der Waals surface area contributed by atoms with Crippen LogP contribution in [-0.4, -0.2) is 37.6 Å². The van der Waals surface area contributed by atoms with Crippen LogP contribution in [0.25, 0.3) is 0 Å². The van der Waals surface area contributed by atoms with E-state index in [-0.39, 0.29) is 5.82 Å². The molecule has 0 aromatic heterocycles. The van der Waals surface area contributed by atoms with Crippen LogP contribution in [-0.2, 0) is 0 Å². The van der Waals surface area contributed by atoms with Crippen molar-refractivity contribution in [3.63, 3.8) is 0 Å². The summed E-state index contributed by atoms with van der Waals surface area (Å²) in [5.74, 6) is -0.115. The van der Waals surface area contributed by atoms with Gasteiger partial charge in [0.2, 0.25) is 0 Å². The van der Waals surface area contributed by atoms with Crippen molar-refractivity contribution in [2.75, 3.05) is 37.6 Å². The van der Waals surface area contributed by atoms with Crippen molar-refractivity contribution in [2.24, 2.45) is 0 Å². The molecule has 0 spiro atoms. The molecule has 1 saturated heterocycles. The summed E-state index contributed by atoms with van der Waals surface area (Å²) in [5, 5.41) is 0. The fraction of sp³-hybridized carbons (Fsp3) is 0.500. The lowest BCUT2D eigenvalue weighted by Crippen LogP contribution is -2.46. The van der Waals surface area contributed by atoms with Gasteiger partial charge in [-0.25, -0.2) is 4.39 Å². The predicted octanol–water partition coefficient (Wildman–Crippen LogP) is 4.64. The number of nitrogens with zero attached hydrogens (tertiary/aromatic N) is 2. The van der Waals surface area contributed by atoms with Crippen LogP contribution in [0, 0.1) is 5.82 Å². The third kappa shape index (κ3) is 5.83. The second kappa shape index (κ2) is 8.88. The van der Waals surface area contributed by atoms with Crippen molar-refractivity contribution in [2.45, 2.75) is 33.6 Å². The second-order valence-corrected chi connectivity index (χ2v) is 6.61. The quantitative estimate of drug-likeness (QED) is 0.705. The minimum atomic E-state index is -0.115. The summed E-state index contributed by atoms with van der Waals surface area (Å²) in [6, 6.07) is 7.07. The Hall–Kier alpha value is -1.61. The van der Waals surface area contributed by atoms with E-state index in [2.05, 4.69) is 42.7 Å². The minimum absolute atomic E-state index is 0.115. The molecule has 0 radical (unpaired) electrons. The number of hydrogen-bond donors (Lipinski definition) is 0. The number of para-hydroxylation sites is 1. The number of allylic oxidation sites excluding steroid dienone is 3. The highest BCUT2D eigenvalue weighted by molar-refractivity contribution is 5.48. The van der Waals surface area contributed by atoms with Crippen LogP contribution in [0.15, 0.2) is 47.6 Å². The Kier molecular flexibility index (Phi) is 6.85. The highest BCUT2D eigenvalue weighted by Crippen LogP contribution is 2.20. The molecule has 0 unspecified atom stereocenters. The van der Waals surface area contributed by atoms with Gasteiger partial charge in [0, 0.05) is 32.7 Å². The standard InChI is InChI=1S/C20H29FN2/c1-17(2)7-6-8-18(3)11-12-22-13-15-23(16-14-22)20-10-5-4-9-19(20)21/h4-5,7,9-11H,6,8,12-16H2,1-3H3/b18-11+. The van der Waals surface area contributed by atoms with Crippen molar-refractivity contribution in [1.82, 2.24) is 4.90 Å². The van der Waals surface area contributed by atoms with E-state index in [1.165, 1.54) is 11.1 Å². The van der Waals surface area contributed by atoms with Gasteiger partial charge in [0.25, 0.3) is 0 Å². The summed E-state index contributed by atoms with van der Waals surface area (Å²) in [7, 11) is 0. The molecule has 0 aliphatic carbocycles. The molecule has 1 aromatic carbocycles. The average molecular weight is 316 g/mol. The Labute approximate surface area is 140 Å². The summed E-state index contributed by atoms with van der Waals surface area (Å²) < 4.78 is 13.8. The Morgan fingerprint density at radius 3 is 2.39 bits per heavy atom. The molecule has 1 aliphatic rings. The largest absolute Gasteiger partial charge is 0.367 e. The third-order valence-electron chi connectivity index (χ3n) is 4.35. The van der Waals surface area contributed by atoms with E-state index in [9.17, 15) is 4.39 Å². The normalized spacial score (nSPS) is 16.5. The van der Waals surface area contributed by atoms with Gasteiger partial charge in [0.05, 0.1) is 5.69 Å². The van der Waals surface area contributed by atoms with E-state index in [4.69, 9.17) is 0 Å². The van der Waals surface area contributed by atoms with E-state index >= 15 is 0 Å². The molecule has 0 saturated carbocycles. The smallest absolute Gasteiger partial charge is 0.146 e. The topological polar surface area (TPSA) is 6.48 Å². The lowest BCUT2D eigenvalue weighted by molar-refractivity contribution is 0.282. The first-order chi connectivity index (χ1) is 11.1. The Morgan fingerprint density at radius 2 is 1.74 bits per heavy atom. The summed E-state index contributed by atoms with van der Waals surface area (Å²) in [4.78, 5) is 4.60. The highest BCUT2D eigenvalue weighted by atomic mass is 19.1. The summed E-state index contributed by atoms with van der Waals surface area (Å²) >= 11 is 0. The Morgan fingerprint density at radius 1 is 1.04 bits per heavy atom. The molecule has 126 valence electrons. The zero-order valence-corrected chi connectivity index (χ0v) is 14.7. The SMILES string of the molecule is CC(C)=CCC/C(C)=C/CN1CCN(c2ccccc2F)CC1. The Bertz CT molecular complexity index is 551. The van der Waals surface area contributed by atoms with Gasteiger partial charge in [0.1, 0.15) is 5.82 Å². The van der Waals surface area contributed by atoms with Gasteiger partial charge >= 0.3 is 0 Å². The zero-order valence-electron chi connectivity index (χ0n) is 14.7. The fourth-order valence-corrected chi connectivity index (χ4v) is 2.86. The van der Waals surface area contributed by atoms with Crippen LogP contribution in [0.1, 0.15) is 33.6 Å². The number of piperazine rings is 1. The number of halogens is 1. The fourth-order valence-electron chi connectivity index (χ4n) is 2.86. The average Bonchev–Trinajstić information content (AvgIpc) is 2.54. The van der Waals surface area contributed by atoms with Gasteiger partial charge in [-0.15, -0.1) is 0 Å². The second-order valence-electron chi connectivity index (χ2n) is 6.61. The molecule has 1 aromatic rings. The maximum absolute atomic E-state index is 13.8. The maximum atomic E-state index is 13.8. The van der Waals surface area contributed by atoms with Gasteiger partial charge in [-0.1, -0.05) is 35.4 Å². The first kappa shape index (κ1) is 17.7. The molecule has 1 aliphatic heterocycles. The lowest BCUT2D eigenvalue weighted by Gasteiger charge is -2.35. The van der Waals surface area contributed by atoms with Crippen molar-refractivity contribution in [3.05, 3.63) is 53.4 Å². The first-order valence-corrected chi connectivity index (χ1v) is 8.57.